The Morgan fingerprint density at radius 1 is 1.05 bits per heavy atom. The third-order valence-electron chi connectivity index (χ3n) is 2.60. The van der Waals surface area contributed by atoms with E-state index in [1.54, 1.807) is 30.3 Å². The van der Waals surface area contributed by atoms with Crippen molar-refractivity contribution in [2.45, 2.75) is 4.90 Å². The van der Waals surface area contributed by atoms with Gasteiger partial charge in [0.2, 0.25) is 10.0 Å². The minimum absolute atomic E-state index is 0.289. The number of carbonyl (C=O) groups excluding carboxylic acids is 1. The van der Waals surface area contributed by atoms with E-state index in [0.717, 1.165) is 6.26 Å². The van der Waals surface area contributed by atoms with Crippen LogP contribution in [0, 0.1) is 0 Å². The van der Waals surface area contributed by atoms with Crippen LogP contribution in [0.2, 0.25) is 0 Å². The van der Waals surface area contributed by atoms with E-state index < -0.39 is 10.0 Å². The first-order chi connectivity index (χ1) is 9.85. The molecule has 0 unspecified atom stereocenters. The number of rotatable bonds is 4. The number of thiol groups is 1. The summed E-state index contributed by atoms with van der Waals surface area (Å²) in [7, 11) is -3.33. The molecule has 1 amide bonds. The number of para-hydroxylation sites is 1. The Balaban J connectivity index is 2.12. The first-order valence-electron chi connectivity index (χ1n) is 6.02. The van der Waals surface area contributed by atoms with Gasteiger partial charge in [-0.15, -0.1) is 12.6 Å². The van der Waals surface area contributed by atoms with Gasteiger partial charge in [0.15, 0.2) is 0 Å². The van der Waals surface area contributed by atoms with Gasteiger partial charge in [0.1, 0.15) is 0 Å². The monoisotopic (exact) mass is 322 g/mol. The lowest BCUT2D eigenvalue weighted by Gasteiger charge is -2.08. The number of amides is 1. The third kappa shape index (κ3) is 4.51. The highest BCUT2D eigenvalue weighted by Crippen LogP contribution is 2.20. The van der Waals surface area contributed by atoms with E-state index in [4.69, 9.17) is 0 Å². The average molecular weight is 322 g/mol. The van der Waals surface area contributed by atoms with Crippen molar-refractivity contribution in [3.8, 4) is 0 Å². The highest BCUT2D eigenvalue weighted by molar-refractivity contribution is 7.92. The van der Waals surface area contributed by atoms with Crippen LogP contribution in [0.15, 0.2) is 53.4 Å². The molecule has 0 saturated carbocycles. The maximum absolute atomic E-state index is 12.1. The molecule has 0 aliphatic rings. The number of sulfonamides is 1. The number of anilines is 2. The quantitative estimate of drug-likeness (QED) is 0.757. The Morgan fingerprint density at radius 2 is 1.67 bits per heavy atom. The van der Waals surface area contributed by atoms with E-state index in [9.17, 15) is 13.2 Å². The van der Waals surface area contributed by atoms with Gasteiger partial charge in [0.25, 0.3) is 5.91 Å². The molecule has 2 N–H and O–H groups in total. The van der Waals surface area contributed by atoms with Crippen molar-refractivity contribution in [2.75, 3.05) is 16.3 Å². The molecule has 5 nitrogen and oxygen atoms in total. The topological polar surface area (TPSA) is 75.3 Å². The summed E-state index contributed by atoms with van der Waals surface area (Å²) in [6, 6.07) is 13.3. The molecule has 0 spiro atoms. The van der Waals surface area contributed by atoms with Gasteiger partial charge in [0.05, 0.1) is 11.9 Å². The minimum atomic E-state index is -3.33. The molecular weight excluding hydrogens is 308 g/mol. The number of hydrogen-bond donors (Lipinski definition) is 3. The molecule has 2 aromatic carbocycles. The van der Waals surface area contributed by atoms with E-state index in [1.807, 2.05) is 6.07 Å². The predicted molar refractivity (Wildman–Crippen MR) is 86.6 cm³/mol. The fraction of sp³-hybridized carbons (Fsp3) is 0.0714. The molecule has 0 fully saturated rings. The highest BCUT2D eigenvalue weighted by atomic mass is 32.2. The molecule has 0 aromatic heterocycles. The largest absolute Gasteiger partial charge is 0.321 e. The fourth-order valence-corrected chi connectivity index (χ4v) is 2.46. The number of nitrogens with one attached hydrogen (secondary N) is 2. The van der Waals surface area contributed by atoms with E-state index in [-0.39, 0.29) is 5.91 Å². The van der Waals surface area contributed by atoms with Crippen LogP contribution in [0.5, 0.6) is 0 Å². The van der Waals surface area contributed by atoms with Gasteiger partial charge in [-0.3, -0.25) is 9.52 Å². The molecular formula is C14H14N2O3S2. The van der Waals surface area contributed by atoms with E-state index in [0.29, 0.717) is 21.8 Å². The summed E-state index contributed by atoms with van der Waals surface area (Å²) < 4.78 is 24.5. The van der Waals surface area contributed by atoms with Crippen LogP contribution >= 0.6 is 12.6 Å². The standard InChI is InChI=1S/C14H14N2O3S2/c1-21(18,19)16-11-8-6-10(7-9-11)14(17)15-12-4-2-3-5-13(12)20/h2-9,16,20H,1H3,(H,15,17). The van der Waals surface area contributed by atoms with Crippen LogP contribution in [0.25, 0.3) is 0 Å². The van der Waals surface area contributed by atoms with Gasteiger partial charge in [-0.05, 0) is 36.4 Å². The molecule has 0 radical (unpaired) electrons. The van der Waals surface area contributed by atoms with Crippen LogP contribution in [-0.2, 0) is 10.0 Å². The Hall–Kier alpha value is -1.99. The average Bonchev–Trinajstić information content (AvgIpc) is 2.40. The summed E-state index contributed by atoms with van der Waals surface area (Å²) in [5.41, 5.74) is 1.44. The van der Waals surface area contributed by atoms with Gasteiger partial charge in [0, 0.05) is 16.1 Å². The lowest BCUT2D eigenvalue weighted by atomic mass is 10.2. The lowest BCUT2D eigenvalue weighted by molar-refractivity contribution is 0.102. The van der Waals surface area contributed by atoms with Gasteiger partial charge in [-0.25, -0.2) is 8.42 Å². The van der Waals surface area contributed by atoms with Crippen molar-refractivity contribution in [1.29, 1.82) is 0 Å². The van der Waals surface area contributed by atoms with E-state index in [1.165, 1.54) is 12.1 Å². The first-order valence-corrected chi connectivity index (χ1v) is 8.36. The van der Waals surface area contributed by atoms with Gasteiger partial charge in [-0.1, -0.05) is 12.1 Å². The minimum Gasteiger partial charge on any atom is -0.321 e. The highest BCUT2D eigenvalue weighted by Gasteiger charge is 2.08. The van der Waals surface area contributed by atoms with Crippen LogP contribution in [0.1, 0.15) is 10.4 Å². The van der Waals surface area contributed by atoms with Crippen molar-refractivity contribution in [2.24, 2.45) is 0 Å². The summed E-state index contributed by atoms with van der Waals surface area (Å²) in [5.74, 6) is -0.289. The third-order valence-corrected chi connectivity index (χ3v) is 3.60. The van der Waals surface area contributed by atoms with Crippen molar-refractivity contribution >= 4 is 39.9 Å². The summed E-state index contributed by atoms with van der Waals surface area (Å²) >= 11 is 4.26. The molecule has 21 heavy (non-hydrogen) atoms. The van der Waals surface area contributed by atoms with E-state index >= 15 is 0 Å². The van der Waals surface area contributed by atoms with Gasteiger partial charge < -0.3 is 5.32 Å². The smallest absolute Gasteiger partial charge is 0.255 e. The molecule has 2 aromatic rings. The Kier molecular flexibility index (Phi) is 4.54. The van der Waals surface area contributed by atoms with Crippen molar-refractivity contribution in [3.05, 3.63) is 54.1 Å². The molecule has 0 bridgehead atoms. The molecule has 0 aliphatic heterocycles. The molecule has 0 heterocycles. The maximum Gasteiger partial charge on any atom is 0.255 e. The molecule has 7 heteroatoms. The predicted octanol–water partition coefficient (Wildman–Crippen LogP) is 2.60. The summed E-state index contributed by atoms with van der Waals surface area (Å²) in [6.45, 7) is 0. The molecule has 0 atom stereocenters. The van der Waals surface area contributed by atoms with Crippen molar-refractivity contribution < 1.29 is 13.2 Å². The Bertz CT molecular complexity index is 756. The van der Waals surface area contributed by atoms with Crippen LogP contribution < -0.4 is 10.0 Å². The second-order valence-corrected chi connectivity index (χ2v) is 6.65. The lowest BCUT2D eigenvalue weighted by Crippen LogP contribution is -2.13. The fourth-order valence-electron chi connectivity index (χ4n) is 1.68. The Morgan fingerprint density at radius 3 is 2.24 bits per heavy atom. The molecule has 0 aliphatic carbocycles. The number of hydrogen-bond acceptors (Lipinski definition) is 4. The molecule has 2 rings (SSSR count). The van der Waals surface area contributed by atoms with Crippen LogP contribution in [-0.4, -0.2) is 20.6 Å². The second-order valence-electron chi connectivity index (χ2n) is 4.42. The van der Waals surface area contributed by atoms with Crippen LogP contribution in [0.3, 0.4) is 0 Å². The van der Waals surface area contributed by atoms with Crippen LogP contribution in [0.4, 0.5) is 11.4 Å². The zero-order valence-electron chi connectivity index (χ0n) is 11.2. The number of benzene rings is 2. The second kappa shape index (κ2) is 6.19. The summed E-state index contributed by atoms with van der Waals surface area (Å²) in [6.07, 6.45) is 1.07. The SMILES string of the molecule is CS(=O)(=O)Nc1ccc(C(=O)Nc2ccccc2S)cc1. The molecule has 0 saturated heterocycles. The van der Waals surface area contributed by atoms with E-state index in [2.05, 4.69) is 22.7 Å². The zero-order valence-corrected chi connectivity index (χ0v) is 12.9. The van der Waals surface area contributed by atoms with Crippen molar-refractivity contribution in [3.63, 3.8) is 0 Å². The zero-order chi connectivity index (χ0) is 15.5. The molecule has 110 valence electrons. The summed E-state index contributed by atoms with van der Waals surface area (Å²) in [5, 5.41) is 2.74. The maximum atomic E-state index is 12.1. The number of carbonyl (C=O) groups is 1. The van der Waals surface area contributed by atoms with Gasteiger partial charge >= 0.3 is 0 Å². The first kappa shape index (κ1) is 15.4. The summed E-state index contributed by atoms with van der Waals surface area (Å²) in [4.78, 5) is 12.7. The van der Waals surface area contributed by atoms with Gasteiger partial charge in [-0.2, -0.15) is 0 Å². The normalized spacial score (nSPS) is 11.0. The van der Waals surface area contributed by atoms with Crippen molar-refractivity contribution in [1.82, 2.24) is 0 Å². The Labute approximate surface area is 128 Å².